The summed E-state index contributed by atoms with van der Waals surface area (Å²) in [6.45, 7) is 6.66. The van der Waals surface area contributed by atoms with Gasteiger partial charge in [-0.15, -0.1) is 0 Å². The molecule has 0 aromatic rings. The van der Waals surface area contributed by atoms with Gasteiger partial charge in [0, 0.05) is 18.6 Å². The molecule has 4 heteroatoms. The van der Waals surface area contributed by atoms with Crippen LogP contribution in [0.4, 0.5) is 4.79 Å². The number of nitrogens with zero attached hydrogens (tertiary/aromatic N) is 1. The molecule has 0 aromatic carbocycles. The van der Waals surface area contributed by atoms with Crippen LogP contribution in [-0.2, 0) is 0 Å². The number of amides is 1. The Morgan fingerprint density at radius 1 is 1.50 bits per heavy atom. The van der Waals surface area contributed by atoms with Crippen LogP contribution in [0, 0.1) is 5.41 Å². The van der Waals surface area contributed by atoms with Crippen LogP contribution in [0.3, 0.4) is 0 Å². The Morgan fingerprint density at radius 2 is 2.07 bits per heavy atom. The molecule has 0 aromatic heterocycles. The Morgan fingerprint density at radius 3 is 2.43 bits per heavy atom. The highest BCUT2D eigenvalue weighted by Crippen LogP contribution is 2.35. The first-order chi connectivity index (χ1) is 6.38. The third-order valence-corrected chi connectivity index (χ3v) is 3.00. The van der Waals surface area contributed by atoms with E-state index in [2.05, 4.69) is 20.8 Å². The average molecular weight is 200 g/mol. The van der Waals surface area contributed by atoms with E-state index in [0.29, 0.717) is 6.54 Å². The van der Waals surface area contributed by atoms with Gasteiger partial charge in [0.05, 0.1) is 0 Å². The lowest BCUT2D eigenvalue weighted by Gasteiger charge is -2.35. The average Bonchev–Trinajstić information content (AvgIpc) is 2.45. The van der Waals surface area contributed by atoms with Crippen molar-refractivity contribution in [3.63, 3.8) is 0 Å². The summed E-state index contributed by atoms with van der Waals surface area (Å²) in [4.78, 5) is 12.6. The van der Waals surface area contributed by atoms with Gasteiger partial charge in [0.25, 0.3) is 0 Å². The number of likely N-dealkylation sites (tertiary alicyclic amines) is 1. The summed E-state index contributed by atoms with van der Waals surface area (Å²) in [5.74, 6) is 0. The molecule has 2 unspecified atom stereocenters. The third kappa shape index (κ3) is 2.00. The highest BCUT2D eigenvalue weighted by atomic mass is 16.4. The smallest absolute Gasteiger partial charge is 0.407 e. The molecule has 1 aliphatic rings. The van der Waals surface area contributed by atoms with Crippen LogP contribution in [0.15, 0.2) is 0 Å². The van der Waals surface area contributed by atoms with Crippen molar-refractivity contribution in [3.05, 3.63) is 0 Å². The molecule has 82 valence electrons. The standard InChI is InChI=1S/C10H20N2O2/c1-10(2,3)8-5-4-7(6-11)12(8)9(13)14/h7-8H,4-6,11H2,1-3H3,(H,13,14). The van der Waals surface area contributed by atoms with Crippen LogP contribution in [0.5, 0.6) is 0 Å². The van der Waals surface area contributed by atoms with Crippen molar-refractivity contribution in [3.8, 4) is 0 Å². The maximum atomic E-state index is 11.1. The van der Waals surface area contributed by atoms with Gasteiger partial charge in [-0.25, -0.2) is 4.79 Å². The molecule has 1 aliphatic heterocycles. The van der Waals surface area contributed by atoms with Crippen LogP contribution >= 0.6 is 0 Å². The predicted molar refractivity (Wildman–Crippen MR) is 55.2 cm³/mol. The van der Waals surface area contributed by atoms with E-state index < -0.39 is 6.09 Å². The maximum Gasteiger partial charge on any atom is 0.407 e. The lowest BCUT2D eigenvalue weighted by atomic mass is 9.85. The first-order valence-corrected chi connectivity index (χ1v) is 5.09. The normalized spacial score (nSPS) is 28.1. The molecule has 0 bridgehead atoms. The number of hydrogen-bond donors (Lipinski definition) is 2. The van der Waals surface area contributed by atoms with Gasteiger partial charge >= 0.3 is 6.09 Å². The van der Waals surface area contributed by atoms with E-state index in [4.69, 9.17) is 10.8 Å². The quantitative estimate of drug-likeness (QED) is 0.674. The van der Waals surface area contributed by atoms with Crippen molar-refractivity contribution < 1.29 is 9.90 Å². The Labute approximate surface area is 85.1 Å². The van der Waals surface area contributed by atoms with E-state index in [-0.39, 0.29) is 17.5 Å². The first kappa shape index (κ1) is 11.3. The maximum absolute atomic E-state index is 11.1. The first-order valence-electron chi connectivity index (χ1n) is 5.09. The van der Waals surface area contributed by atoms with Crippen molar-refractivity contribution >= 4 is 6.09 Å². The largest absolute Gasteiger partial charge is 0.465 e. The second kappa shape index (κ2) is 3.77. The number of nitrogens with two attached hydrogens (primary N) is 1. The summed E-state index contributed by atoms with van der Waals surface area (Å²) in [6, 6.07) is 0.116. The molecule has 0 spiro atoms. The molecule has 0 aliphatic carbocycles. The molecule has 3 N–H and O–H groups in total. The summed E-state index contributed by atoms with van der Waals surface area (Å²) in [5.41, 5.74) is 5.56. The predicted octanol–water partition coefficient (Wildman–Crippen LogP) is 1.50. The van der Waals surface area contributed by atoms with Crippen molar-refractivity contribution in [2.45, 2.75) is 45.7 Å². The van der Waals surface area contributed by atoms with Crippen molar-refractivity contribution in [1.82, 2.24) is 4.90 Å². The van der Waals surface area contributed by atoms with E-state index in [1.165, 1.54) is 0 Å². The second-order valence-corrected chi connectivity index (χ2v) is 5.04. The third-order valence-electron chi connectivity index (χ3n) is 3.00. The fraction of sp³-hybridized carbons (Fsp3) is 0.900. The zero-order valence-corrected chi connectivity index (χ0v) is 9.16. The van der Waals surface area contributed by atoms with E-state index in [9.17, 15) is 4.79 Å². The Kier molecular flexibility index (Phi) is 3.04. The van der Waals surface area contributed by atoms with E-state index >= 15 is 0 Å². The van der Waals surface area contributed by atoms with Crippen molar-refractivity contribution in [2.75, 3.05) is 6.54 Å². The zero-order chi connectivity index (χ0) is 10.9. The van der Waals surface area contributed by atoms with Gasteiger partial charge in [0.1, 0.15) is 0 Å². The van der Waals surface area contributed by atoms with Crippen LogP contribution in [0.2, 0.25) is 0 Å². The molecule has 1 heterocycles. The molecule has 1 amide bonds. The van der Waals surface area contributed by atoms with Gasteiger partial charge in [-0.3, -0.25) is 0 Å². The van der Waals surface area contributed by atoms with Crippen LogP contribution in [0.25, 0.3) is 0 Å². The minimum atomic E-state index is -0.835. The second-order valence-electron chi connectivity index (χ2n) is 5.04. The lowest BCUT2D eigenvalue weighted by molar-refractivity contribution is 0.0885. The summed E-state index contributed by atoms with van der Waals surface area (Å²) >= 11 is 0. The van der Waals surface area contributed by atoms with Crippen molar-refractivity contribution in [1.29, 1.82) is 0 Å². The van der Waals surface area contributed by atoms with Crippen LogP contribution in [-0.4, -0.2) is 34.7 Å². The summed E-state index contributed by atoms with van der Waals surface area (Å²) in [7, 11) is 0. The summed E-state index contributed by atoms with van der Waals surface area (Å²) < 4.78 is 0. The minimum absolute atomic E-state index is 0.00229. The Bertz CT molecular complexity index is 223. The molecular formula is C10H20N2O2. The molecule has 0 saturated carbocycles. The molecule has 0 radical (unpaired) electrons. The summed E-state index contributed by atoms with van der Waals surface area (Å²) in [5, 5.41) is 9.12. The molecule has 2 atom stereocenters. The van der Waals surface area contributed by atoms with Gasteiger partial charge in [-0.05, 0) is 18.3 Å². The van der Waals surface area contributed by atoms with Gasteiger partial charge < -0.3 is 15.7 Å². The van der Waals surface area contributed by atoms with Crippen LogP contribution < -0.4 is 5.73 Å². The fourth-order valence-corrected chi connectivity index (χ4v) is 2.25. The van der Waals surface area contributed by atoms with Crippen molar-refractivity contribution in [2.24, 2.45) is 11.1 Å². The van der Waals surface area contributed by atoms with Gasteiger partial charge in [0.2, 0.25) is 0 Å². The van der Waals surface area contributed by atoms with Gasteiger partial charge in [-0.1, -0.05) is 20.8 Å². The Hall–Kier alpha value is -0.770. The monoisotopic (exact) mass is 200 g/mol. The minimum Gasteiger partial charge on any atom is -0.465 e. The topological polar surface area (TPSA) is 66.6 Å². The fourth-order valence-electron chi connectivity index (χ4n) is 2.25. The Balaban J connectivity index is 2.84. The highest BCUT2D eigenvalue weighted by Gasteiger charge is 2.41. The molecule has 1 saturated heterocycles. The number of rotatable bonds is 1. The molecule has 1 rings (SSSR count). The molecule has 4 nitrogen and oxygen atoms in total. The SMILES string of the molecule is CC(C)(C)C1CCC(CN)N1C(=O)O. The van der Waals surface area contributed by atoms with E-state index in [1.807, 2.05) is 0 Å². The van der Waals surface area contributed by atoms with Gasteiger partial charge in [-0.2, -0.15) is 0 Å². The summed E-state index contributed by atoms with van der Waals surface area (Å²) in [6.07, 6.45) is 0.987. The van der Waals surface area contributed by atoms with E-state index in [0.717, 1.165) is 12.8 Å². The number of carboxylic acid groups (broad SMARTS) is 1. The molecule has 14 heavy (non-hydrogen) atoms. The van der Waals surface area contributed by atoms with E-state index in [1.54, 1.807) is 4.90 Å². The van der Waals surface area contributed by atoms with Gasteiger partial charge in [0.15, 0.2) is 0 Å². The zero-order valence-electron chi connectivity index (χ0n) is 9.16. The lowest BCUT2D eigenvalue weighted by Crippen LogP contribution is -2.48. The highest BCUT2D eigenvalue weighted by molar-refractivity contribution is 5.66. The molecule has 1 fully saturated rings. The van der Waals surface area contributed by atoms with Crippen LogP contribution in [0.1, 0.15) is 33.6 Å². The number of carbonyl (C=O) groups is 1. The molecular weight excluding hydrogens is 180 g/mol. The number of hydrogen-bond acceptors (Lipinski definition) is 2.